The first-order valence-electron chi connectivity index (χ1n) is 15.4. The fraction of sp³-hybridized carbons (Fsp3) is 0.438. The van der Waals surface area contributed by atoms with Crippen molar-refractivity contribution in [3.63, 3.8) is 0 Å². The standard InChI is InChI=1S/C32H34F2N6O4S/c33-31(34)29-24(11-12-26-30(29)36-37-40(26)18-20-9-10-20)25(16-28(41)42)22-6-3-5-21(15-22)17-38-19-23-7-1-2-14-39(23)32-27(45(38,43)44)8-4-13-35-32/h3-6,8,11-13,15,20,23,25,31H,1-2,7,9-10,14,16-19H2,(H,41,42)/t23?,25-/m0/s1. The molecular weight excluding hydrogens is 602 g/mol. The molecule has 3 aliphatic rings. The first-order valence-corrected chi connectivity index (χ1v) is 16.8. The third-order valence-corrected chi connectivity index (χ3v) is 11.1. The van der Waals surface area contributed by atoms with Crippen molar-refractivity contribution in [1.29, 1.82) is 0 Å². The van der Waals surface area contributed by atoms with Crippen molar-refractivity contribution in [2.75, 3.05) is 18.0 Å². The lowest BCUT2D eigenvalue weighted by Crippen LogP contribution is -2.45. The molecule has 1 saturated carbocycles. The van der Waals surface area contributed by atoms with Gasteiger partial charge in [0.2, 0.25) is 10.0 Å². The maximum absolute atomic E-state index is 14.7. The van der Waals surface area contributed by atoms with Gasteiger partial charge in [-0.1, -0.05) is 35.5 Å². The van der Waals surface area contributed by atoms with Gasteiger partial charge in [0.25, 0.3) is 6.43 Å². The molecule has 1 aliphatic carbocycles. The lowest BCUT2D eigenvalue weighted by Gasteiger charge is -2.36. The highest BCUT2D eigenvalue weighted by atomic mass is 32.2. The topological polar surface area (TPSA) is 122 Å². The number of carbonyl (C=O) groups is 1. The molecule has 2 aromatic carbocycles. The van der Waals surface area contributed by atoms with Crippen molar-refractivity contribution in [2.45, 2.75) is 74.9 Å². The number of carboxylic acid groups (broad SMARTS) is 1. The minimum atomic E-state index is -3.91. The van der Waals surface area contributed by atoms with Crippen molar-refractivity contribution in [2.24, 2.45) is 5.92 Å². The average molecular weight is 637 g/mol. The number of sulfonamides is 1. The maximum Gasteiger partial charge on any atom is 0.304 e. The third kappa shape index (κ3) is 5.67. The van der Waals surface area contributed by atoms with Crippen LogP contribution in [0, 0.1) is 5.92 Å². The second-order valence-electron chi connectivity index (χ2n) is 12.3. The zero-order valence-corrected chi connectivity index (χ0v) is 25.4. The van der Waals surface area contributed by atoms with Gasteiger partial charge in [0.05, 0.1) is 17.5 Å². The summed E-state index contributed by atoms with van der Waals surface area (Å²) in [5.74, 6) is -1.11. The molecule has 13 heteroatoms. The number of benzene rings is 2. The molecule has 45 heavy (non-hydrogen) atoms. The Kier molecular flexibility index (Phi) is 7.76. The monoisotopic (exact) mass is 636 g/mol. The molecule has 1 unspecified atom stereocenters. The summed E-state index contributed by atoms with van der Waals surface area (Å²) >= 11 is 0. The number of piperidine rings is 1. The van der Waals surface area contributed by atoms with E-state index in [-0.39, 0.29) is 40.7 Å². The molecule has 10 nitrogen and oxygen atoms in total. The molecule has 2 aromatic heterocycles. The van der Waals surface area contributed by atoms with Gasteiger partial charge in [-0.2, -0.15) is 4.31 Å². The van der Waals surface area contributed by atoms with Crippen LogP contribution in [0.5, 0.6) is 0 Å². The molecular formula is C32H34F2N6O4S. The number of anilines is 1. The van der Waals surface area contributed by atoms with Gasteiger partial charge in [-0.05, 0) is 72.9 Å². The number of aliphatic carboxylic acids is 1. The zero-order chi connectivity index (χ0) is 31.3. The highest BCUT2D eigenvalue weighted by molar-refractivity contribution is 7.89. The molecule has 0 radical (unpaired) electrons. The van der Waals surface area contributed by atoms with Crippen LogP contribution in [0.1, 0.15) is 73.1 Å². The quantitative estimate of drug-likeness (QED) is 0.261. The number of nitrogens with zero attached hydrogens (tertiary/aromatic N) is 6. The Balaban J connectivity index is 1.25. The van der Waals surface area contributed by atoms with Gasteiger partial charge < -0.3 is 10.0 Å². The van der Waals surface area contributed by atoms with Crippen molar-refractivity contribution >= 4 is 32.8 Å². The number of alkyl halides is 2. The second-order valence-corrected chi connectivity index (χ2v) is 14.2. The van der Waals surface area contributed by atoms with Gasteiger partial charge in [0, 0.05) is 44.3 Å². The molecule has 4 aromatic rings. The maximum atomic E-state index is 14.7. The van der Waals surface area contributed by atoms with E-state index in [0.717, 1.165) is 38.6 Å². The van der Waals surface area contributed by atoms with Gasteiger partial charge in [0.15, 0.2) is 0 Å². The second kappa shape index (κ2) is 11.8. The summed E-state index contributed by atoms with van der Waals surface area (Å²) in [6.07, 6.45) is 3.22. The van der Waals surface area contributed by atoms with E-state index in [1.165, 1.54) is 4.31 Å². The molecule has 7 rings (SSSR count). The van der Waals surface area contributed by atoms with Crippen LogP contribution in [-0.2, 0) is 27.9 Å². The molecule has 2 atom stereocenters. The van der Waals surface area contributed by atoms with E-state index in [2.05, 4.69) is 20.2 Å². The van der Waals surface area contributed by atoms with Crippen LogP contribution in [0.2, 0.25) is 0 Å². The van der Waals surface area contributed by atoms with Crippen molar-refractivity contribution < 1.29 is 27.1 Å². The fourth-order valence-corrected chi connectivity index (χ4v) is 8.49. The Morgan fingerprint density at radius 1 is 1.07 bits per heavy atom. The molecule has 236 valence electrons. The summed E-state index contributed by atoms with van der Waals surface area (Å²) in [5, 5.41) is 18.1. The summed E-state index contributed by atoms with van der Waals surface area (Å²) < 4.78 is 60.5. The Morgan fingerprint density at radius 2 is 1.91 bits per heavy atom. The predicted octanol–water partition coefficient (Wildman–Crippen LogP) is 5.34. The van der Waals surface area contributed by atoms with Crippen LogP contribution in [-0.4, -0.2) is 62.9 Å². The summed E-state index contributed by atoms with van der Waals surface area (Å²) in [6, 6.07) is 13.4. The zero-order valence-electron chi connectivity index (χ0n) is 24.6. The van der Waals surface area contributed by atoms with Crippen LogP contribution in [0.3, 0.4) is 0 Å². The molecule has 0 amide bonds. The summed E-state index contributed by atoms with van der Waals surface area (Å²) in [4.78, 5) is 18.8. The predicted molar refractivity (Wildman–Crippen MR) is 163 cm³/mol. The lowest BCUT2D eigenvalue weighted by molar-refractivity contribution is -0.137. The number of aromatic nitrogens is 4. The smallest absolute Gasteiger partial charge is 0.304 e. The molecule has 0 spiro atoms. The Morgan fingerprint density at radius 3 is 2.69 bits per heavy atom. The number of hydrogen-bond donors (Lipinski definition) is 1. The van der Waals surface area contributed by atoms with Gasteiger partial charge in [-0.25, -0.2) is 26.9 Å². The van der Waals surface area contributed by atoms with Crippen LogP contribution >= 0.6 is 0 Å². The first-order chi connectivity index (χ1) is 21.7. The lowest BCUT2D eigenvalue weighted by atomic mass is 9.84. The minimum Gasteiger partial charge on any atom is -0.481 e. The summed E-state index contributed by atoms with van der Waals surface area (Å²) in [6.45, 7) is 1.67. The number of halogens is 2. The number of fused-ring (bicyclic) bond motifs is 4. The Hall–Kier alpha value is -3.97. The molecule has 1 N–H and O–H groups in total. The van der Waals surface area contributed by atoms with E-state index in [4.69, 9.17) is 0 Å². The number of rotatable bonds is 9. The molecule has 0 bridgehead atoms. The Labute approximate surface area is 259 Å². The van der Waals surface area contributed by atoms with E-state index in [1.54, 1.807) is 59.4 Å². The SMILES string of the molecule is O=C(O)C[C@@H](c1cccc(CN2CC3CCCCN3c3ncccc3S2(=O)=O)c1)c1ccc2c(nnn2CC2CC2)c1C(F)F. The molecule has 4 heterocycles. The van der Waals surface area contributed by atoms with E-state index >= 15 is 0 Å². The number of carboxylic acids is 1. The largest absolute Gasteiger partial charge is 0.481 e. The minimum absolute atomic E-state index is 0.0266. The average Bonchev–Trinajstić information content (AvgIpc) is 3.77. The van der Waals surface area contributed by atoms with E-state index in [9.17, 15) is 27.1 Å². The van der Waals surface area contributed by atoms with Gasteiger partial charge in [-0.15, -0.1) is 5.10 Å². The summed E-state index contributed by atoms with van der Waals surface area (Å²) in [7, 11) is -3.91. The molecule has 1 saturated heterocycles. The van der Waals surface area contributed by atoms with Gasteiger partial charge >= 0.3 is 5.97 Å². The van der Waals surface area contributed by atoms with Crippen LogP contribution < -0.4 is 4.90 Å². The van der Waals surface area contributed by atoms with Crippen LogP contribution in [0.25, 0.3) is 11.0 Å². The normalized spacial score (nSPS) is 20.5. The van der Waals surface area contributed by atoms with Crippen molar-refractivity contribution in [1.82, 2.24) is 24.3 Å². The summed E-state index contributed by atoms with van der Waals surface area (Å²) in [5.41, 5.74) is 1.58. The van der Waals surface area contributed by atoms with E-state index < -0.39 is 34.8 Å². The van der Waals surface area contributed by atoms with Gasteiger partial charge in [-0.3, -0.25) is 4.79 Å². The fourth-order valence-electron chi connectivity index (χ4n) is 6.87. The number of hydrogen-bond acceptors (Lipinski definition) is 7. The number of pyridine rings is 1. The van der Waals surface area contributed by atoms with E-state index in [0.29, 0.717) is 34.9 Å². The van der Waals surface area contributed by atoms with Gasteiger partial charge in [0.1, 0.15) is 16.2 Å². The van der Waals surface area contributed by atoms with Crippen LogP contribution in [0.15, 0.2) is 59.6 Å². The van der Waals surface area contributed by atoms with Crippen molar-refractivity contribution in [3.8, 4) is 0 Å². The highest BCUT2D eigenvalue weighted by Gasteiger charge is 2.39. The van der Waals surface area contributed by atoms with Crippen molar-refractivity contribution in [3.05, 3.63) is 77.0 Å². The highest BCUT2D eigenvalue weighted by Crippen LogP contribution is 2.40. The van der Waals surface area contributed by atoms with Crippen LogP contribution in [0.4, 0.5) is 14.6 Å². The van der Waals surface area contributed by atoms with E-state index in [1.807, 2.05) is 0 Å². The Bertz CT molecular complexity index is 1860. The molecule has 2 aliphatic heterocycles. The first kappa shape index (κ1) is 29.7. The molecule has 2 fully saturated rings. The third-order valence-electron chi connectivity index (χ3n) is 9.26.